The largest absolute Gasteiger partial charge is 0.333 e. The quantitative estimate of drug-likeness (QED) is 0.423. The highest BCUT2D eigenvalue weighted by Gasteiger charge is 2.27. The molecule has 0 saturated heterocycles. The second-order valence-electron chi connectivity index (χ2n) is 8.97. The molecule has 34 heavy (non-hydrogen) atoms. The Morgan fingerprint density at radius 1 is 1.03 bits per heavy atom. The maximum absolute atomic E-state index is 13.7. The first kappa shape index (κ1) is 25.6. The number of hydrogen-bond donors (Lipinski definition) is 0. The van der Waals surface area contributed by atoms with Crippen molar-refractivity contribution < 1.29 is 22.0 Å². The number of benzene rings is 2. The molecule has 3 rings (SSSR count). The van der Waals surface area contributed by atoms with Gasteiger partial charge < -0.3 is 9.47 Å². The van der Waals surface area contributed by atoms with Crippen LogP contribution in [0.1, 0.15) is 55.4 Å². The Bertz CT molecular complexity index is 1250. The van der Waals surface area contributed by atoms with Gasteiger partial charge in [-0.2, -0.15) is 0 Å². The van der Waals surface area contributed by atoms with Gasteiger partial charge in [-0.05, 0) is 55.7 Å². The molecule has 2 aromatic carbocycles. The van der Waals surface area contributed by atoms with Crippen molar-refractivity contribution in [3.05, 3.63) is 83.2 Å². The number of hydrogen-bond acceptors (Lipinski definition) is 4. The molecule has 9 heteroatoms. The predicted molar refractivity (Wildman–Crippen MR) is 126 cm³/mol. The van der Waals surface area contributed by atoms with Crippen molar-refractivity contribution in [3.63, 3.8) is 0 Å². The fraction of sp³-hybridized carbons (Fsp3) is 0.360. The van der Waals surface area contributed by atoms with Crippen molar-refractivity contribution in [3.8, 4) is 0 Å². The topological polar surface area (TPSA) is 72.3 Å². The van der Waals surface area contributed by atoms with Gasteiger partial charge in [-0.3, -0.25) is 4.79 Å². The second-order valence-corrected chi connectivity index (χ2v) is 10.9. The minimum atomic E-state index is -3.84. The van der Waals surface area contributed by atoms with E-state index in [0.29, 0.717) is 17.8 Å². The van der Waals surface area contributed by atoms with Gasteiger partial charge in [-0.1, -0.05) is 32.0 Å². The van der Waals surface area contributed by atoms with Gasteiger partial charge in [0, 0.05) is 18.2 Å². The van der Waals surface area contributed by atoms with E-state index < -0.39 is 21.5 Å². The number of carbonyl (C=O) groups is 1. The first-order valence-electron chi connectivity index (χ1n) is 11.1. The summed E-state index contributed by atoms with van der Waals surface area (Å²) in [4.78, 5) is 19.0. The average molecular weight is 490 g/mol. The number of imidazole rings is 1. The standard InChI is InChI=1S/C25H29F2N3O3S/c1-17(2)14-29(24(31)20-6-5-7-22(27)12-20)15-23-13-28-25(30(23)18(3)4)34(32,33)16-19-8-10-21(26)11-9-19/h5-13,17-18H,14-16H2,1-4H3. The van der Waals surface area contributed by atoms with E-state index in [1.807, 2.05) is 27.7 Å². The normalized spacial score (nSPS) is 11.9. The van der Waals surface area contributed by atoms with Crippen LogP contribution in [-0.2, 0) is 22.1 Å². The number of halogens is 2. The summed E-state index contributed by atoms with van der Waals surface area (Å²) in [5.74, 6) is -1.49. The highest BCUT2D eigenvalue weighted by Crippen LogP contribution is 2.24. The zero-order chi connectivity index (χ0) is 25.0. The molecule has 0 spiro atoms. The smallest absolute Gasteiger partial charge is 0.254 e. The van der Waals surface area contributed by atoms with Gasteiger partial charge in [0.1, 0.15) is 11.6 Å². The average Bonchev–Trinajstić information content (AvgIpc) is 3.19. The Balaban J connectivity index is 1.95. The van der Waals surface area contributed by atoms with Crippen molar-refractivity contribution in [2.45, 2.75) is 51.2 Å². The Morgan fingerprint density at radius 3 is 2.29 bits per heavy atom. The molecule has 0 bridgehead atoms. The van der Waals surface area contributed by atoms with Crippen LogP contribution in [0.5, 0.6) is 0 Å². The van der Waals surface area contributed by atoms with Crippen LogP contribution in [0.4, 0.5) is 8.78 Å². The third-order valence-corrected chi connectivity index (χ3v) is 6.77. The van der Waals surface area contributed by atoms with E-state index in [9.17, 15) is 22.0 Å². The van der Waals surface area contributed by atoms with Crippen LogP contribution in [0.3, 0.4) is 0 Å². The van der Waals surface area contributed by atoms with Gasteiger partial charge in [0.25, 0.3) is 5.91 Å². The molecule has 0 saturated carbocycles. The number of rotatable bonds is 9. The summed E-state index contributed by atoms with van der Waals surface area (Å²) < 4.78 is 54.9. The molecule has 0 N–H and O–H groups in total. The van der Waals surface area contributed by atoms with E-state index in [2.05, 4.69) is 4.98 Å². The van der Waals surface area contributed by atoms with E-state index >= 15 is 0 Å². The van der Waals surface area contributed by atoms with Crippen molar-refractivity contribution in [2.24, 2.45) is 5.92 Å². The Hall–Kier alpha value is -3.07. The van der Waals surface area contributed by atoms with Crippen molar-refractivity contribution in [1.29, 1.82) is 0 Å². The van der Waals surface area contributed by atoms with Crippen molar-refractivity contribution in [1.82, 2.24) is 14.5 Å². The molecule has 0 aliphatic heterocycles. The third kappa shape index (κ3) is 6.08. The number of aromatic nitrogens is 2. The summed E-state index contributed by atoms with van der Waals surface area (Å²) in [7, 11) is -3.84. The first-order chi connectivity index (χ1) is 16.0. The summed E-state index contributed by atoms with van der Waals surface area (Å²) in [5, 5.41) is -0.107. The molecule has 0 unspecified atom stereocenters. The Morgan fingerprint density at radius 2 is 1.71 bits per heavy atom. The Labute approximate surface area is 199 Å². The number of nitrogens with zero attached hydrogens (tertiary/aromatic N) is 3. The lowest BCUT2D eigenvalue weighted by Crippen LogP contribution is -2.34. The molecule has 182 valence electrons. The summed E-state index contributed by atoms with van der Waals surface area (Å²) in [6, 6.07) is 10.5. The van der Waals surface area contributed by atoms with Crippen molar-refractivity contribution in [2.75, 3.05) is 6.54 Å². The zero-order valence-electron chi connectivity index (χ0n) is 19.7. The monoisotopic (exact) mass is 489 g/mol. The van der Waals surface area contributed by atoms with Gasteiger partial charge in [0.2, 0.25) is 15.0 Å². The lowest BCUT2D eigenvalue weighted by Gasteiger charge is -2.26. The molecule has 0 aliphatic carbocycles. The van der Waals surface area contributed by atoms with Crippen LogP contribution >= 0.6 is 0 Å². The lowest BCUT2D eigenvalue weighted by molar-refractivity contribution is 0.0717. The molecule has 0 aliphatic rings. The van der Waals surface area contributed by atoms with Gasteiger partial charge in [-0.15, -0.1) is 0 Å². The summed E-state index contributed by atoms with van der Waals surface area (Å²) in [6.07, 6.45) is 1.46. The molecule has 1 amide bonds. The molecule has 3 aromatic rings. The summed E-state index contributed by atoms with van der Waals surface area (Å²) >= 11 is 0. The molecule has 0 fully saturated rings. The predicted octanol–water partition coefficient (Wildman–Crippen LogP) is 5.01. The fourth-order valence-electron chi connectivity index (χ4n) is 3.80. The maximum Gasteiger partial charge on any atom is 0.254 e. The van der Waals surface area contributed by atoms with Crippen LogP contribution in [0, 0.1) is 17.6 Å². The molecular weight excluding hydrogens is 460 g/mol. The highest BCUT2D eigenvalue weighted by atomic mass is 32.2. The summed E-state index contributed by atoms with van der Waals surface area (Å²) in [6.45, 7) is 8.11. The molecule has 0 radical (unpaired) electrons. The Kier molecular flexibility index (Phi) is 7.86. The fourth-order valence-corrected chi connectivity index (χ4v) is 5.40. The second kappa shape index (κ2) is 10.5. The minimum Gasteiger partial charge on any atom is -0.333 e. The van der Waals surface area contributed by atoms with Gasteiger partial charge in [0.05, 0.1) is 24.2 Å². The molecule has 1 aromatic heterocycles. The van der Waals surface area contributed by atoms with Crippen LogP contribution in [0.15, 0.2) is 59.9 Å². The van der Waals surface area contributed by atoms with E-state index in [1.54, 1.807) is 15.5 Å². The molecule has 6 nitrogen and oxygen atoms in total. The zero-order valence-corrected chi connectivity index (χ0v) is 20.5. The number of amides is 1. The highest BCUT2D eigenvalue weighted by molar-refractivity contribution is 7.90. The molecule has 1 heterocycles. The lowest BCUT2D eigenvalue weighted by atomic mass is 10.1. The summed E-state index contributed by atoms with van der Waals surface area (Å²) in [5.41, 5.74) is 1.22. The van der Waals surface area contributed by atoms with Crippen LogP contribution in [0.2, 0.25) is 0 Å². The third-order valence-electron chi connectivity index (χ3n) is 5.20. The van der Waals surface area contributed by atoms with Gasteiger partial charge in [0.15, 0.2) is 0 Å². The maximum atomic E-state index is 13.7. The first-order valence-corrected chi connectivity index (χ1v) is 12.7. The van der Waals surface area contributed by atoms with Gasteiger partial charge >= 0.3 is 0 Å². The minimum absolute atomic E-state index is 0.107. The van der Waals surface area contributed by atoms with E-state index in [-0.39, 0.29) is 40.9 Å². The number of sulfone groups is 1. The van der Waals surface area contributed by atoms with Crippen molar-refractivity contribution >= 4 is 15.7 Å². The van der Waals surface area contributed by atoms with Crippen LogP contribution in [0.25, 0.3) is 0 Å². The number of carbonyl (C=O) groups excluding carboxylic acids is 1. The van der Waals surface area contributed by atoms with Crippen LogP contribution in [-0.4, -0.2) is 35.3 Å². The van der Waals surface area contributed by atoms with Gasteiger partial charge in [-0.25, -0.2) is 22.2 Å². The molecular formula is C25H29F2N3O3S. The van der Waals surface area contributed by atoms with E-state index in [1.165, 1.54) is 48.7 Å². The molecule has 0 atom stereocenters. The van der Waals surface area contributed by atoms with E-state index in [0.717, 1.165) is 0 Å². The van der Waals surface area contributed by atoms with E-state index in [4.69, 9.17) is 0 Å². The van der Waals surface area contributed by atoms with Crippen LogP contribution < -0.4 is 0 Å². The SMILES string of the molecule is CC(C)CN(Cc1cnc(S(=O)(=O)Cc2ccc(F)cc2)n1C(C)C)C(=O)c1cccc(F)c1.